The molecule has 0 aliphatic heterocycles. The summed E-state index contributed by atoms with van der Waals surface area (Å²) in [5.74, 6) is 0.518. The number of nitrogens with zero attached hydrogens (tertiary/aromatic N) is 1. The third-order valence-corrected chi connectivity index (χ3v) is 2.69. The van der Waals surface area contributed by atoms with E-state index in [4.69, 9.17) is 17.3 Å². The average Bonchev–Trinajstić information content (AvgIpc) is 2.22. The molecule has 2 rings (SSSR count). The number of aromatic nitrogens is 1. The van der Waals surface area contributed by atoms with Crippen molar-refractivity contribution in [2.24, 2.45) is 0 Å². The minimum Gasteiger partial charge on any atom is -0.384 e. The first kappa shape index (κ1) is 9.99. The summed E-state index contributed by atoms with van der Waals surface area (Å²) in [6.45, 7) is 1.98. The lowest BCUT2D eigenvalue weighted by Gasteiger charge is -2.04. The summed E-state index contributed by atoms with van der Waals surface area (Å²) in [5.41, 5.74) is 8.78. The molecule has 76 valence electrons. The molecular weight excluding hydrogens is 208 g/mol. The summed E-state index contributed by atoms with van der Waals surface area (Å²) in [7, 11) is 0. The topological polar surface area (TPSA) is 38.9 Å². The third kappa shape index (κ3) is 2.10. The molecule has 0 bridgehead atoms. The van der Waals surface area contributed by atoms with E-state index in [-0.39, 0.29) is 0 Å². The maximum absolute atomic E-state index is 6.06. The number of rotatable bonds is 1. The minimum absolute atomic E-state index is 0.518. The van der Waals surface area contributed by atoms with Gasteiger partial charge < -0.3 is 5.73 Å². The predicted octanol–water partition coefficient (Wildman–Crippen LogP) is 3.29. The molecule has 0 radical (unpaired) electrons. The van der Waals surface area contributed by atoms with Gasteiger partial charge in [0.05, 0.1) is 0 Å². The van der Waals surface area contributed by atoms with E-state index in [1.807, 2.05) is 37.3 Å². The lowest BCUT2D eigenvalue weighted by atomic mass is 10.1. The van der Waals surface area contributed by atoms with Gasteiger partial charge in [-0.25, -0.2) is 4.98 Å². The summed E-state index contributed by atoms with van der Waals surface area (Å²) in [5, 5.41) is 0.767. The van der Waals surface area contributed by atoms with Crippen LogP contribution in [0.3, 0.4) is 0 Å². The van der Waals surface area contributed by atoms with Crippen molar-refractivity contribution in [2.45, 2.75) is 6.92 Å². The number of hydrogen-bond donors (Lipinski definition) is 1. The largest absolute Gasteiger partial charge is 0.384 e. The van der Waals surface area contributed by atoms with Crippen molar-refractivity contribution in [1.29, 1.82) is 0 Å². The number of nitrogen functional groups attached to an aromatic ring is 1. The Kier molecular flexibility index (Phi) is 2.60. The normalized spacial score (nSPS) is 10.3. The Hall–Kier alpha value is -1.54. The van der Waals surface area contributed by atoms with E-state index in [1.54, 1.807) is 6.20 Å². The van der Waals surface area contributed by atoms with Crippen LogP contribution in [0.25, 0.3) is 11.1 Å². The first-order chi connectivity index (χ1) is 7.16. The Morgan fingerprint density at radius 2 is 1.87 bits per heavy atom. The van der Waals surface area contributed by atoms with Gasteiger partial charge in [0.1, 0.15) is 5.82 Å². The zero-order valence-electron chi connectivity index (χ0n) is 8.37. The van der Waals surface area contributed by atoms with Crippen LogP contribution in [0.2, 0.25) is 5.02 Å². The van der Waals surface area contributed by atoms with Crippen LogP contribution in [0, 0.1) is 6.92 Å². The number of benzene rings is 1. The van der Waals surface area contributed by atoms with Gasteiger partial charge in [-0.15, -0.1) is 0 Å². The molecule has 0 unspecified atom stereocenters. The maximum atomic E-state index is 6.06. The van der Waals surface area contributed by atoms with Crippen LogP contribution in [-0.4, -0.2) is 4.98 Å². The number of nitrogens with two attached hydrogens (primary N) is 1. The molecule has 0 spiro atoms. The molecule has 0 saturated carbocycles. The Morgan fingerprint density at radius 1 is 1.13 bits per heavy atom. The molecule has 2 aromatic rings. The standard InChI is InChI=1S/C12H11ClN2/c1-8-2-3-9(6-11(8)13)10-4-5-15-12(14)7-10/h2-7H,1H3,(H2,14,15). The Labute approximate surface area is 93.7 Å². The highest BCUT2D eigenvalue weighted by atomic mass is 35.5. The number of aryl methyl sites for hydroxylation is 1. The smallest absolute Gasteiger partial charge is 0.123 e. The minimum atomic E-state index is 0.518. The van der Waals surface area contributed by atoms with Crippen LogP contribution < -0.4 is 5.73 Å². The van der Waals surface area contributed by atoms with Gasteiger partial charge in [-0.1, -0.05) is 23.7 Å². The second kappa shape index (κ2) is 3.91. The van der Waals surface area contributed by atoms with Crippen LogP contribution in [0.1, 0.15) is 5.56 Å². The van der Waals surface area contributed by atoms with Gasteiger partial charge in [-0.3, -0.25) is 0 Å². The van der Waals surface area contributed by atoms with E-state index in [2.05, 4.69) is 4.98 Å². The first-order valence-electron chi connectivity index (χ1n) is 4.65. The van der Waals surface area contributed by atoms with Crippen LogP contribution in [-0.2, 0) is 0 Å². The second-order valence-electron chi connectivity index (χ2n) is 3.43. The summed E-state index contributed by atoms with van der Waals surface area (Å²) < 4.78 is 0. The molecule has 15 heavy (non-hydrogen) atoms. The first-order valence-corrected chi connectivity index (χ1v) is 5.02. The summed E-state index contributed by atoms with van der Waals surface area (Å²) in [6.07, 6.45) is 1.69. The quantitative estimate of drug-likeness (QED) is 0.798. The highest BCUT2D eigenvalue weighted by molar-refractivity contribution is 6.31. The van der Waals surface area contributed by atoms with E-state index in [1.165, 1.54) is 0 Å². The van der Waals surface area contributed by atoms with Crippen LogP contribution >= 0.6 is 11.6 Å². The van der Waals surface area contributed by atoms with Crippen LogP contribution in [0.15, 0.2) is 36.5 Å². The van der Waals surface area contributed by atoms with Gasteiger partial charge >= 0.3 is 0 Å². The van der Waals surface area contributed by atoms with Gasteiger partial charge in [-0.2, -0.15) is 0 Å². The molecule has 3 heteroatoms. The summed E-state index contributed by atoms with van der Waals surface area (Å²) >= 11 is 6.06. The van der Waals surface area contributed by atoms with E-state index in [0.29, 0.717) is 5.82 Å². The number of pyridine rings is 1. The molecular formula is C12H11ClN2. The fourth-order valence-corrected chi connectivity index (χ4v) is 1.58. The SMILES string of the molecule is Cc1ccc(-c2ccnc(N)c2)cc1Cl. The fourth-order valence-electron chi connectivity index (χ4n) is 1.40. The Balaban J connectivity index is 2.50. The Bertz CT molecular complexity index is 495. The van der Waals surface area contributed by atoms with Gasteiger partial charge in [0.15, 0.2) is 0 Å². The van der Waals surface area contributed by atoms with Crippen LogP contribution in [0.5, 0.6) is 0 Å². The van der Waals surface area contributed by atoms with Gasteiger partial charge in [-0.05, 0) is 41.8 Å². The average molecular weight is 219 g/mol. The molecule has 2 N–H and O–H groups in total. The van der Waals surface area contributed by atoms with Crippen molar-refractivity contribution < 1.29 is 0 Å². The van der Waals surface area contributed by atoms with Crippen molar-refractivity contribution in [2.75, 3.05) is 5.73 Å². The molecule has 0 atom stereocenters. The Morgan fingerprint density at radius 3 is 2.53 bits per heavy atom. The number of hydrogen-bond acceptors (Lipinski definition) is 2. The highest BCUT2D eigenvalue weighted by Gasteiger charge is 2.01. The molecule has 0 aliphatic rings. The van der Waals surface area contributed by atoms with Gasteiger partial charge in [0, 0.05) is 11.2 Å². The van der Waals surface area contributed by atoms with Crippen molar-refractivity contribution in [3.05, 3.63) is 47.1 Å². The molecule has 0 aliphatic carbocycles. The third-order valence-electron chi connectivity index (χ3n) is 2.29. The van der Waals surface area contributed by atoms with Gasteiger partial charge in [0.2, 0.25) is 0 Å². The van der Waals surface area contributed by atoms with E-state index >= 15 is 0 Å². The van der Waals surface area contributed by atoms with E-state index in [9.17, 15) is 0 Å². The predicted molar refractivity (Wildman–Crippen MR) is 63.8 cm³/mol. The van der Waals surface area contributed by atoms with Crippen molar-refractivity contribution in [1.82, 2.24) is 4.98 Å². The molecule has 2 nitrogen and oxygen atoms in total. The molecule has 1 aromatic heterocycles. The van der Waals surface area contributed by atoms with Crippen LogP contribution in [0.4, 0.5) is 5.82 Å². The summed E-state index contributed by atoms with van der Waals surface area (Å²) in [4.78, 5) is 3.95. The zero-order chi connectivity index (χ0) is 10.8. The van der Waals surface area contributed by atoms with Crippen molar-refractivity contribution in [3.63, 3.8) is 0 Å². The molecule has 1 aromatic carbocycles. The van der Waals surface area contributed by atoms with Crippen molar-refractivity contribution >= 4 is 17.4 Å². The second-order valence-corrected chi connectivity index (χ2v) is 3.84. The molecule has 0 amide bonds. The van der Waals surface area contributed by atoms with E-state index < -0.39 is 0 Å². The van der Waals surface area contributed by atoms with Crippen molar-refractivity contribution in [3.8, 4) is 11.1 Å². The molecule has 0 fully saturated rings. The number of anilines is 1. The molecule has 0 saturated heterocycles. The maximum Gasteiger partial charge on any atom is 0.123 e. The lowest BCUT2D eigenvalue weighted by Crippen LogP contribution is -1.89. The van der Waals surface area contributed by atoms with Gasteiger partial charge in [0.25, 0.3) is 0 Å². The summed E-state index contributed by atoms with van der Waals surface area (Å²) in [6, 6.07) is 9.70. The van der Waals surface area contributed by atoms with E-state index in [0.717, 1.165) is 21.7 Å². The molecule has 1 heterocycles. The monoisotopic (exact) mass is 218 g/mol. The lowest BCUT2D eigenvalue weighted by molar-refractivity contribution is 1.34. The number of halogens is 1. The fraction of sp³-hybridized carbons (Fsp3) is 0.0833. The zero-order valence-corrected chi connectivity index (χ0v) is 9.12. The highest BCUT2D eigenvalue weighted by Crippen LogP contribution is 2.25.